The van der Waals surface area contributed by atoms with Crippen molar-refractivity contribution in [2.24, 2.45) is 0 Å². The lowest BCUT2D eigenvalue weighted by Gasteiger charge is -2.25. The Bertz CT molecular complexity index is 1280. The van der Waals surface area contributed by atoms with E-state index >= 15 is 0 Å². The number of thiazole rings is 1. The Labute approximate surface area is 225 Å². The Morgan fingerprint density at radius 1 is 1.18 bits per heavy atom. The predicted octanol–water partition coefficient (Wildman–Crippen LogP) is 2.63. The second kappa shape index (κ2) is 12.0. The first kappa shape index (κ1) is 26.2. The first-order chi connectivity index (χ1) is 18.5. The molecule has 4 heterocycles. The number of nitrogens with zero attached hydrogens (tertiary/aromatic N) is 4. The summed E-state index contributed by atoms with van der Waals surface area (Å²) in [6.45, 7) is 4.77. The summed E-state index contributed by atoms with van der Waals surface area (Å²) in [5.74, 6) is 0.476. The van der Waals surface area contributed by atoms with Gasteiger partial charge in [0.1, 0.15) is 16.5 Å². The third-order valence-electron chi connectivity index (χ3n) is 6.46. The number of carbonyl (C=O) groups excluding carboxylic acids is 2. The zero-order valence-electron chi connectivity index (χ0n) is 21.5. The third-order valence-corrected chi connectivity index (χ3v) is 7.41. The zero-order chi connectivity index (χ0) is 26.5. The van der Waals surface area contributed by atoms with Crippen LogP contribution in [0.1, 0.15) is 26.6 Å². The Morgan fingerprint density at radius 2 is 2.08 bits per heavy atom. The molecule has 5 rings (SSSR count). The van der Waals surface area contributed by atoms with E-state index < -0.39 is 0 Å². The third kappa shape index (κ3) is 6.54. The van der Waals surface area contributed by atoms with Crippen LogP contribution in [-0.2, 0) is 27.4 Å². The van der Waals surface area contributed by atoms with Crippen LogP contribution in [-0.4, -0.2) is 83.6 Å². The highest BCUT2D eigenvalue weighted by atomic mass is 32.1. The lowest BCUT2D eigenvalue weighted by molar-refractivity contribution is -0.123. The number of hydrogen-bond acceptors (Lipinski definition) is 9. The van der Waals surface area contributed by atoms with E-state index in [-0.39, 0.29) is 37.0 Å². The molecule has 1 aromatic carbocycles. The van der Waals surface area contributed by atoms with Gasteiger partial charge in [-0.25, -0.2) is 4.98 Å². The lowest BCUT2D eigenvalue weighted by Crippen LogP contribution is -2.49. The van der Waals surface area contributed by atoms with Gasteiger partial charge in [0.25, 0.3) is 5.91 Å². The molecule has 2 aliphatic heterocycles. The second-order valence-electron chi connectivity index (χ2n) is 9.48. The van der Waals surface area contributed by atoms with Gasteiger partial charge in [0, 0.05) is 44.0 Å². The molecule has 11 heteroatoms. The van der Waals surface area contributed by atoms with E-state index in [4.69, 9.17) is 14.2 Å². The van der Waals surface area contributed by atoms with Crippen molar-refractivity contribution in [3.63, 3.8) is 0 Å². The molecule has 1 fully saturated rings. The van der Waals surface area contributed by atoms with Crippen LogP contribution in [0.3, 0.4) is 0 Å². The molecule has 0 saturated carbocycles. The van der Waals surface area contributed by atoms with Gasteiger partial charge in [-0.15, -0.1) is 11.3 Å². The number of rotatable bonds is 5. The van der Waals surface area contributed by atoms with Crippen LogP contribution >= 0.6 is 11.3 Å². The Morgan fingerprint density at radius 3 is 2.89 bits per heavy atom. The van der Waals surface area contributed by atoms with E-state index in [1.54, 1.807) is 30.7 Å². The number of aromatic nitrogens is 2. The van der Waals surface area contributed by atoms with Gasteiger partial charge in [0.15, 0.2) is 0 Å². The van der Waals surface area contributed by atoms with E-state index in [0.717, 1.165) is 16.3 Å². The van der Waals surface area contributed by atoms with Crippen LogP contribution in [0.4, 0.5) is 0 Å². The summed E-state index contributed by atoms with van der Waals surface area (Å²) in [7, 11) is 1.56. The van der Waals surface area contributed by atoms with Crippen molar-refractivity contribution >= 4 is 23.2 Å². The smallest absolute Gasteiger partial charge is 0.256 e. The molecular weight excluding hydrogens is 506 g/mol. The highest BCUT2D eigenvalue weighted by Crippen LogP contribution is 2.25. The molecule has 0 unspecified atom stereocenters. The van der Waals surface area contributed by atoms with Gasteiger partial charge in [0.05, 0.1) is 50.2 Å². The summed E-state index contributed by atoms with van der Waals surface area (Å²) in [6, 6.07) is 9.03. The number of hydrogen-bond donors (Lipinski definition) is 1. The van der Waals surface area contributed by atoms with Crippen molar-refractivity contribution in [2.45, 2.75) is 32.2 Å². The molecule has 2 aliphatic rings. The van der Waals surface area contributed by atoms with Crippen molar-refractivity contribution in [1.29, 1.82) is 0 Å². The van der Waals surface area contributed by atoms with Crippen LogP contribution in [0.15, 0.2) is 48.1 Å². The lowest BCUT2D eigenvalue weighted by atomic mass is 10.2. The number of methoxy groups -OCH3 is 1. The normalized spacial score (nSPS) is 20.6. The van der Waals surface area contributed by atoms with Crippen molar-refractivity contribution in [3.8, 4) is 11.5 Å². The first-order valence-electron chi connectivity index (χ1n) is 12.5. The fraction of sp³-hybridized carbons (Fsp3) is 0.407. The Kier molecular flexibility index (Phi) is 8.28. The summed E-state index contributed by atoms with van der Waals surface area (Å²) in [6.07, 6.45) is 2.81. The van der Waals surface area contributed by atoms with Gasteiger partial charge in [-0.05, 0) is 30.7 Å². The molecule has 38 heavy (non-hydrogen) atoms. The quantitative estimate of drug-likeness (QED) is 0.530. The molecular formula is C27H31N5O5S. The topological polar surface area (TPSA) is 106 Å². The molecule has 10 nitrogen and oxygen atoms in total. The van der Waals surface area contributed by atoms with E-state index in [1.807, 2.05) is 36.6 Å². The largest absolute Gasteiger partial charge is 0.456 e. The van der Waals surface area contributed by atoms with Gasteiger partial charge in [-0.3, -0.25) is 19.5 Å². The van der Waals surface area contributed by atoms with Gasteiger partial charge < -0.3 is 24.4 Å². The Hall–Kier alpha value is -3.38. The zero-order valence-corrected chi connectivity index (χ0v) is 22.3. The number of amides is 2. The van der Waals surface area contributed by atoms with Crippen LogP contribution in [0, 0.1) is 6.92 Å². The average molecular weight is 538 g/mol. The van der Waals surface area contributed by atoms with Crippen LogP contribution in [0.2, 0.25) is 0 Å². The van der Waals surface area contributed by atoms with Crippen LogP contribution in [0.25, 0.3) is 0 Å². The van der Waals surface area contributed by atoms with E-state index in [1.165, 1.54) is 11.1 Å². The van der Waals surface area contributed by atoms with Crippen molar-refractivity contribution in [3.05, 3.63) is 69.9 Å². The van der Waals surface area contributed by atoms with Gasteiger partial charge in [0.2, 0.25) is 5.91 Å². The number of aryl methyl sites for hydroxylation is 1. The number of ether oxygens (including phenoxy) is 3. The maximum atomic E-state index is 13.4. The number of carbonyl (C=O) groups is 2. The number of likely N-dealkylation sites (tertiary alicyclic amines) is 1. The molecule has 3 aromatic rings. The summed E-state index contributed by atoms with van der Waals surface area (Å²) < 4.78 is 17.5. The molecule has 2 amide bonds. The summed E-state index contributed by atoms with van der Waals surface area (Å²) >= 11 is 1.63. The van der Waals surface area contributed by atoms with Gasteiger partial charge in [-0.2, -0.15) is 0 Å². The van der Waals surface area contributed by atoms with Crippen molar-refractivity contribution in [2.75, 3.05) is 39.9 Å². The molecule has 2 atom stereocenters. The molecule has 200 valence electrons. The van der Waals surface area contributed by atoms with Gasteiger partial charge in [-0.1, -0.05) is 12.1 Å². The molecule has 1 saturated heterocycles. The maximum Gasteiger partial charge on any atom is 0.256 e. The monoisotopic (exact) mass is 537 g/mol. The van der Waals surface area contributed by atoms with E-state index in [2.05, 4.69) is 20.2 Å². The fourth-order valence-electron chi connectivity index (χ4n) is 4.65. The molecule has 0 radical (unpaired) electrons. The minimum atomic E-state index is -0.323. The SMILES string of the molecule is COCCN1CC(=O)N[C@H]2CN(Cc3nc(C)cs3)C[C@@H]2OCc2cccc(c2)Oc2cncc(c2)C1=O. The summed E-state index contributed by atoms with van der Waals surface area (Å²) in [5.41, 5.74) is 2.28. The van der Waals surface area contributed by atoms with Crippen LogP contribution < -0.4 is 10.1 Å². The second-order valence-corrected chi connectivity index (χ2v) is 10.4. The van der Waals surface area contributed by atoms with Crippen molar-refractivity contribution in [1.82, 2.24) is 25.1 Å². The minimum absolute atomic E-state index is 0.110. The summed E-state index contributed by atoms with van der Waals surface area (Å²) in [4.78, 5) is 39.0. The minimum Gasteiger partial charge on any atom is -0.456 e. The molecule has 1 N–H and O–H groups in total. The standard InChI is InChI=1S/C27H31N5O5S/c1-18-17-38-26(29-18)15-31-12-23-24(13-31)36-16-19-4-3-5-21(8-19)37-22-9-20(10-28-11-22)27(34)32(6-7-35-2)14-25(33)30-23/h3-5,8-11,17,23-24H,6-7,12-16H2,1-2H3,(H,30,33)/t23-,24-/m0/s1. The Balaban J connectivity index is 1.41. The average Bonchev–Trinajstić information content (AvgIpc) is 3.49. The first-order valence-corrected chi connectivity index (χ1v) is 13.4. The maximum absolute atomic E-state index is 13.4. The number of nitrogens with one attached hydrogen (secondary N) is 1. The highest BCUT2D eigenvalue weighted by molar-refractivity contribution is 7.09. The number of pyridine rings is 1. The highest BCUT2D eigenvalue weighted by Gasteiger charge is 2.35. The van der Waals surface area contributed by atoms with Crippen molar-refractivity contribution < 1.29 is 23.8 Å². The number of benzene rings is 1. The van der Waals surface area contributed by atoms with E-state index in [0.29, 0.717) is 49.9 Å². The molecule has 0 aliphatic carbocycles. The van der Waals surface area contributed by atoms with E-state index in [9.17, 15) is 9.59 Å². The molecule has 4 bridgehead atoms. The molecule has 0 spiro atoms. The number of fused-ring (bicyclic) bond motifs is 5. The fourth-order valence-corrected chi connectivity index (χ4v) is 5.46. The predicted molar refractivity (Wildman–Crippen MR) is 141 cm³/mol. The van der Waals surface area contributed by atoms with Crippen LogP contribution in [0.5, 0.6) is 11.5 Å². The molecule has 2 aromatic heterocycles. The van der Waals surface area contributed by atoms with Gasteiger partial charge >= 0.3 is 0 Å². The summed E-state index contributed by atoms with van der Waals surface area (Å²) in [5, 5.41) is 6.19.